The maximum absolute atomic E-state index is 13.2. The van der Waals surface area contributed by atoms with E-state index in [-0.39, 0.29) is 23.6 Å². The summed E-state index contributed by atoms with van der Waals surface area (Å²) in [6.45, 7) is 1.17. The maximum Gasteiger partial charge on any atom is 0.278 e. The minimum atomic E-state index is -0.236. The molecule has 3 N–H and O–H groups in total. The van der Waals surface area contributed by atoms with E-state index in [0.29, 0.717) is 41.2 Å². The van der Waals surface area contributed by atoms with Gasteiger partial charge in [-0.15, -0.1) is 0 Å². The summed E-state index contributed by atoms with van der Waals surface area (Å²) in [4.78, 5) is 31.0. The van der Waals surface area contributed by atoms with Crippen LogP contribution in [0.5, 0.6) is 0 Å². The summed E-state index contributed by atoms with van der Waals surface area (Å²) in [5.41, 5.74) is 7.62. The van der Waals surface area contributed by atoms with Crippen LogP contribution in [0.4, 0.5) is 5.82 Å². The molecule has 4 heterocycles. The average molecular weight is 408 g/mol. The molecule has 0 radical (unpaired) electrons. The fourth-order valence-electron chi connectivity index (χ4n) is 4.59. The second-order valence-corrected chi connectivity index (χ2v) is 8.23. The average Bonchev–Trinajstić information content (AvgIpc) is 3.44. The summed E-state index contributed by atoms with van der Waals surface area (Å²) < 4.78 is 9.07. The van der Waals surface area contributed by atoms with E-state index in [0.717, 1.165) is 38.5 Å². The highest BCUT2D eigenvalue weighted by Gasteiger charge is 2.28. The molecule has 156 valence electrons. The molecule has 0 aromatic carbocycles. The van der Waals surface area contributed by atoms with Crippen LogP contribution in [0, 0.1) is 0 Å². The Morgan fingerprint density at radius 1 is 1.27 bits per heavy atom. The van der Waals surface area contributed by atoms with Gasteiger partial charge in [-0.25, -0.2) is 4.57 Å². The molecule has 30 heavy (non-hydrogen) atoms. The van der Waals surface area contributed by atoms with Crippen LogP contribution in [0.15, 0.2) is 35.3 Å². The first kappa shape index (κ1) is 19.0. The molecular weight excluding hydrogens is 382 g/mol. The van der Waals surface area contributed by atoms with E-state index in [9.17, 15) is 9.59 Å². The van der Waals surface area contributed by atoms with Crippen LogP contribution in [0.1, 0.15) is 48.9 Å². The molecule has 1 aliphatic carbocycles. The van der Waals surface area contributed by atoms with Gasteiger partial charge in [-0.2, -0.15) is 0 Å². The summed E-state index contributed by atoms with van der Waals surface area (Å²) >= 11 is 0. The third-order valence-electron chi connectivity index (χ3n) is 6.21. The number of nitrogen functional groups attached to an aromatic ring is 1. The van der Waals surface area contributed by atoms with Crippen molar-refractivity contribution in [1.82, 2.24) is 14.7 Å². The molecule has 3 aromatic rings. The second kappa shape index (κ2) is 7.68. The number of ether oxygens (including phenoxy) is 1. The molecule has 0 unspecified atom stereocenters. The van der Waals surface area contributed by atoms with Gasteiger partial charge in [-0.3, -0.25) is 14.0 Å². The number of fused-ring (bicyclic) bond motifs is 2. The molecule has 5 rings (SSSR count). The Morgan fingerprint density at radius 3 is 2.87 bits per heavy atom. The molecule has 1 saturated carbocycles. The Hall–Kier alpha value is -3.00. The van der Waals surface area contributed by atoms with Crippen molar-refractivity contribution in [2.45, 2.75) is 57.2 Å². The molecule has 3 aromatic heterocycles. The van der Waals surface area contributed by atoms with E-state index in [1.54, 1.807) is 29.0 Å². The number of nitrogens with zero attached hydrogens (tertiary/aromatic N) is 3. The highest BCUT2D eigenvalue weighted by Crippen LogP contribution is 2.21. The molecule has 1 saturated heterocycles. The smallest absolute Gasteiger partial charge is 0.278 e. The van der Waals surface area contributed by atoms with Crippen LogP contribution < -0.4 is 21.2 Å². The van der Waals surface area contributed by atoms with E-state index in [1.807, 2.05) is 6.07 Å². The van der Waals surface area contributed by atoms with E-state index >= 15 is 0 Å². The van der Waals surface area contributed by atoms with Gasteiger partial charge in [0.1, 0.15) is 10.9 Å². The largest absolute Gasteiger partial charge is 0.375 e. The number of hydrogen-bond donors (Lipinski definition) is 2. The molecule has 0 bridgehead atoms. The lowest BCUT2D eigenvalue weighted by atomic mass is 10.1. The van der Waals surface area contributed by atoms with Crippen molar-refractivity contribution in [3.05, 3.63) is 46.4 Å². The van der Waals surface area contributed by atoms with Crippen molar-refractivity contribution >= 4 is 28.4 Å². The van der Waals surface area contributed by atoms with E-state index in [2.05, 4.69) is 5.32 Å². The third-order valence-corrected chi connectivity index (χ3v) is 6.21. The second-order valence-electron chi connectivity index (χ2n) is 8.23. The lowest BCUT2D eigenvalue weighted by Gasteiger charge is -2.16. The summed E-state index contributed by atoms with van der Waals surface area (Å²) in [7, 11) is 0. The van der Waals surface area contributed by atoms with Gasteiger partial charge >= 0.3 is 0 Å². The molecule has 8 heteroatoms. The number of amides is 1. The SMILES string of the molecule is Nc1c(C(=O)NC2CCCC2)cc2c(=O)n3ccccc3nc2[n+]1C[C@@H]1CCCO1. The fraction of sp³-hybridized carbons (Fsp3) is 0.455. The number of carbonyl (C=O) groups is 1. The van der Waals surface area contributed by atoms with Crippen molar-refractivity contribution < 1.29 is 14.1 Å². The Bertz CT molecular complexity index is 1180. The van der Waals surface area contributed by atoms with Gasteiger partial charge in [0.25, 0.3) is 17.1 Å². The van der Waals surface area contributed by atoms with Gasteiger partial charge in [-0.05, 0) is 43.9 Å². The standard InChI is InChI=1S/C22H25N5O3/c23-19-16(21(28)24-14-6-1-2-7-14)12-17-20(27(19)13-15-8-5-11-30-15)25-18-9-3-4-10-26(18)22(17)29/h3-4,9-10,12,14-15,23H,1-2,5-8,11,13H2,(H,24,28)/p+1/t15-/m0/s1. The number of pyridine rings is 2. The number of hydrogen-bond acceptors (Lipinski definition) is 5. The van der Waals surface area contributed by atoms with E-state index in [4.69, 9.17) is 15.5 Å². The molecule has 8 nitrogen and oxygen atoms in total. The zero-order chi connectivity index (χ0) is 20.7. The maximum atomic E-state index is 13.2. The van der Waals surface area contributed by atoms with Gasteiger partial charge in [0, 0.05) is 18.8 Å². The normalized spacial score (nSPS) is 19.7. The van der Waals surface area contributed by atoms with Crippen LogP contribution in [0.2, 0.25) is 0 Å². The zero-order valence-electron chi connectivity index (χ0n) is 16.8. The lowest BCUT2D eigenvalue weighted by Crippen LogP contribution is -2.46. The predicted molar refractivity (Wildman–Crippen MR) is 112 cm³/mol. The minimum Gasteiger partial charge on any atom is -0.375 e. The van der Waals surface area contributed by atoms with Crippen molar-refractivity contribution in [2.75, 3.05) is 12.3 Å². The van der Waals surface area contributed by atoms with Gasteiger partial charge < -0.3 is 15.8 Å². The van der Waals surface area contributed by atoms with Crippen LogP contribution in [0.25, 0.3) is 16.7 Å². The molecule has 2 fully saturated rings. The van der Waals surface area contributed by atoms with Gasteiger partial charge in [0.2, 0.25) is 11.5 Å². The highest BCUT2D eigenvalue weighted by molar-refractivity contribution is 6.00. The summed E-state index contributed by atoms with van der Waals surface area (Å²) in [6.07, 6.45) is 7.77. The van der Waals surface area contributed by atoms with Gasteiger partial charge in [0.15, 0.2) is 0 Å². The first-order chi connectivity index (χ1) is 14.6. The quantitative estimate of drug-likeness (QED) is 0.504. The minimum absolute atomic E-state index is 0.00957. The molecule has 1 amide bonds. The van der Waals surface area contributed by atoms with Gasteiger partial charge in [-0.1, -0.05) is 23.9 Å². The monoisotopic (exact) mass is 408 g/mol. The van der Waals surface area contributed by atoms with Crippen molar-refractivity contribution in [2.24, 2.45) is 0 Å². The lowest BCUT2D eigenvalue weighted by molar-refractivity contribution is -0.666. The number of anilines is 1. The Morgan fingerprint density at radius 2 is 2.10 bits per heavy atom. The molecule has 2 aliphatic rings. The van der Waals surface area contributed by atoms with Crippen molar-refractivity contribution in [1.29, 1.82) is 0 Å². The summed E-state index contributed by atoms with van der Waals surface area (Å²) in [6, 6.07) is 7.16. The number of nitrogens with two attached hydrogens (primary N) is 1. The molecule has 1 aliphatic heterocycles. The fourth-order valence-corrected chi connectivity index (χ4v) is 4.59. The number of carbonyl (C=O) groups excluding carboxylic acids is 1. The first-order valence-electron chi connectivity index (χ1n) is 10.7. The number of nitrogens with one attached hydrogen (secondary N) is 1. The van der Waals surface area contributed by atoms with Crippen LogP contribution in [-0.4, -0.2) is 34.0 Å². The van der Waals surface area contributed by atoms with E-state index < -0.39 is 0 Å². The molecule has 0 spiro atoms. The first-order valence-corrected chi connectivity index (χ1v) is 10.7. The third kappa shape index (κ3) is 3.31. The summed E-state index contributed by atoms with van der Waals surface area (Å²) in [5, 5.41) is 3.46. The van der Waals surface area contributed by atoms with Crippen LogP contribution >= 0.6 is 0 Å². The van der Waals surface area contributed by atoms with Crippen molar-refractivity contribution in [3.8, 4) is 0 Å². The predicted octanol–water partition coefficient (Wildman–Crippen LogP) is 1.57. The van der Waals surface area contributed by atoms with E-state index in [1.165, 1.54) is 4.40 Å². The Kier molecular flexibility index (Phi) is 4.86. The Balaban J connectivity index is 1.68. The van der Waals surface area contributed by atoms with Crippen LogP contribution in [-0.2, 0) is 11.3 Å². The zero-order valence-corrected chi connectivity index (χ0v) is 16.8. The number of rotatable bonds is 4. The topological polar surface area (TPSA) is 103 Å². The van der Waals surface area contributed by atoms with Crippen LogP contribution in [0.3, 0.4) is 0 Å². The van der Waals surface area contributed by atoms with Crippen molar-refractivity contribution in [3.63, 3.8) is 0 Å². The highest BCUT2D eigenvalue weighted by atomic mass is 16.5. The van der Waals surface area contributed by atoms with Gasteiger partial charge in [0.05, 0.1) is 12.6 Å². The molecule has 1 atom stereocenters. The summed E-state index contributed by atoms with van der Waals surface area (Å²) in [5.74, 6) is 0.0839. The molecular formula is C22H26N5O3+. The Labute approximate surface area is 173 Å². The number of aromatic nitrogens is 3.